The van der Waals surface area contributed by atoms with Crippen LogP contribution in [0.15, 0.2) is 18.2 Å². The van der Waals surface area contributed by atoms with Gasteiger partial charge in [0.1, 0.15) is 0 Å². The predicted molar refractivity (Wildman–Crippen MR) is 66.9 cm³/mol. The van der Waals surface area contributed by atoms with Gasteiger partial charge in [0.25, 0.3) is 5.91 Å². The minimum Gasteiger partial charge on any atom is -0.398 e. The van der Waals surface area contributed by atoms with Crippen molar-refractivity contribution in [3.8, 4) is 0 Å². The molecule has 0 aliphatic carbocycles. The Morgan fingerprint density at radius 1 is 1.21 bits per heavy atom. The molecule has 1 fully saturated rings. The van der Waals surface area contributed by atoms with Crippen LogP contribution in [-0.4, -0.2) is 17.7 Å². The van der Waals surface area contributed by atoms with Gasteiger partial charge < -0.3 is 11.1 Å². The Labute approximate surface area is 109 Å². The number of hydrogen-bond donors (Lipinski definition) is 3. The number of carbonyl (C=O) groups excluding carboxylic acids is 3. The van der Waals surface area contributed by atoms with E-state index < -0.39 is 12.0 Å². The highest BCUT2D eigenvalue weighted by Crippen LogP contribution is 2.37. The van der Waals surface area contributed by atoms with Crippen molar-refractivity contribution in [1.29, 1.82) is 0 Å². The molecule has 1 aromatic rings. The molecule has 0 radical (unpaired) electrons. The van der Waals surface area contributed by atoms with Gasteiger partial charge in [-0.3, -0.25) is 19.7 Å². The maximum Gasteiger partial charge on any atom is 0.252 e. The summed E-state index contributed by atoms with van der Waals surface area (Å²) in [7, 11) is 0. The van der Waals surface area contributed by atoms with Gasteiger partial charge in [0.2, 0.25) is 11.8 Å². The van der Waals surface area contributed by atoms with E-state index in [1.165, 1.54) is 0 Å². The quantitative estimate of drug-likeness (QED) is 0.492. The van der Waals surface area contributed by atoms with Gasteiger partial charge in [-0.25, -0.2) is 0 Å². The van der Waals surface area contributed by atoms with E-state index in [9.17, 15) is 14.4 Å². The van der Waals surface area contributed by atoms with Crippen molar-refractivity contribution >= 4 is 23.4 Å². The van der Waals surface area contributed by atoms with E-state index in [4.69, 9.17) is 5.73 Å². The molecule has 1 aromatic carbocycles. The molecule has 0 aromatic heterocycles. The molecule has 6 heteroatoms. The first-order chi connectivity index (χ1) is 9.08. The number of amides is 3. The first-order valence-electron chi connectivity index (χ1n) is 6.11. The van der Waals surface area contributed by atoms with Crippen molar-refractivity contribution in [3.05, 3.63) is 29.3 Å². The highest BCUT2D eigenvalue weighted by molar-refractivity contribution is 6.03. The summed E-state index contributed by atoms with van der Waals surface area (Å²) >= 11 is 0. The molecular weight excluding hydrogens is 246 g/mol. The number of nitrogens with two attached hydrogens (primary N) is 1. The van der Waals surface area contributed by atoms with Crippen LogP contribution in [0.25, 0.3) is 0 Å². The summed E-state index contributed by atoms with van der Waals surface area (Å²) < 4.78 is 0. The summed E-state index contributed by atoms with van der Waals surface area (Å²) in [6.07, 6.45) is 0.703. The second-order valence-corrected chi connectivity index (χ2v) is 4.82. The van der Waals surface area contributed by atoms with Crippen LogP contribution in [0.3, 0.4) is 0 Å². The van der Waals surface area contributed by atoms with Crippen molar-refractivity contribution in [2.24, 2.45) is 5.92 Å². The Balaban J connectivity index is 1.99. The molecule has 98 valence electrons. The van der Waals surface area contributed by atoms with E-state index in [1.807, 2.05) is 0 Å². The molecule has 3 rings (SSSR count). The third-order valence-electron chi connectivity index (χ3n) is 3.67. The molecule has 0 bridgehead atoms. The topological polar surface area (TPSA) is 101 Å². The standard InChI is InChI=1S/C13H13N3O3/c14-8-3-1-2-6-10(8)11(16-12(6)18)7-4-5-9(17)15-13(7)19/h1-3,7,11H,4-5,14H2,(H,16,18)(H,15,17,19). The number of nitrogen functional groups attached to an aromatic ring is 1. The molecule has 2 unspecified atom stereocenters. The van der Waals surface area contributed by atoms with Gasteiger partial charge in [0.15, 0.2) is 0 Å². The molecule has 0 saturated carbocycles. The van der Waals surface area contributed by atoms with Crippen LogP contribution in [0.1, 0.15) is 34.8 Å². The summed E-state index contributed by atoms with van der Waals surface area (Å²) in [5.41, 5.74) is 7.58. The minimum absolute atomic E-state index is 0.225. The van der Waals surface area contributed by atoms with E-state index in [-0.39, 0.29) is 24.1 Å². The smallest absolute Gasteiger partial charge is 0.252 e. The van der Waals surface area contributed by atoms with E-state index >= 15 is 0 Å². The zero-order valence-corrected chi connectivity index (χ0v) is 10.1. The third kappa shape index (κ3) is 1.76. The fraction of sp³-hybridized carbons (Fsp3) is 0.308. The van der Waals surface area contributed by atoms with Gasteiger partial charge in [-0.15, -0.1) is 0 Å². The summed E-state index contributed by atoms with van der Waals surface area (Å²) in [5.74, 6) is -1.30. The number of nitrogens with one attached hydrogen (secondary N) is 2. The SMILES string of the molecule is Nc1cccc2c1C(C1CCC(=O)NC1=O)NC2=O. The Bertz CT molecular complexity index is 597. The number of benzene rings is 1. The molecular formula is C13H13N3O3. The Hall–Kier alpha value is -2.37. The van der Waals surface area contributed by atoms with Gasteiger partial charge in [-0.2, -0.15) is 0 Å². The normalized spacial score (nSPS) is 25.8. The van der Waals surface area contributed by atoms with Crippen molar-refractivity contribution in [2.45, 2.75) is 18.9 Å². The highest BCUT2D eigenvalue weighted by Gasteiger charge is 2.41. The molecule has 3 amide bonds. The number of fused-ring (bicyclic) bond motifs is 1. The van der Waals surface area contributed by atoms with Gasteiger partial charge in [-0.05, 0) is 18.6 Å². The largest absolute Gasteiger partial charge is 0.398 e. The average Bonchev–Trinajstić information content (AvgIpc) is 2.68. The molecule has 0 spiro atoms. The number of carbonyl (C=O) groups is 3. The fourth-order valence-electron chi connectivity index (χ4n) is 2.75. The van der Waals surface area contributed by atoms with Crippen LogP contribution in [0, 0.1) is 5.92 Å². The van der Waals surface area contributed by atoms with Gasteiger partial charge in [-0.1, -0.05) is 6.07 Å². The number of hydrogen-bond acceptors (Lipinski definition) is 4. The Kier molecular flexibility index (Phi) is 2.51. The monoisotopic (exact) mass is 259 g/mol. The van der Waals surface area contributed by atoms with Gasteiger partial charge in [0.05, 0.1) is 12.0 Å². The Morgan fingerprint density at radius 2 is 2.00 bits per heavy atom. The molecule has 6 nitrogen and oxygen atoms in total. The molecule has 2 atom stereocenters. The molecule has 2 heterocycles. The number of rotatable bonds is 1. The maximum absolute atomic E-state index is 11.9. The lowest BCUT2D eigenvalue weighted by Crippen LogP contribution is -2.45. The van der Waals surface area contributed by atoms with Gasteiger partial charge >= 0.3 is 0 Å². The number of imide groups is 1. The minimum atomic E-state index is -0.451. The zero-order chi connectivity index (χ0) is 13.6. The van der Waals surface area contributed by atoms with Crippen LogP contribution in [0.2, 0.25) is 0 Å². The van der Waals surface area contributed by atoms with Gasteiger partial charge in [0, 0.05) is 23.2 Å². The van der Waals surface area contributed by atoms with Crippen LogP contribution in [0.5, 0.6) is 0 Å². The van der Waals surface area contributed by atoms with Crippen LogP contribution >= 0.6 is 0 Å². The second-order valence-electron chi connectivity index (χ2n) is 4.82. The first kappa shape index (κ1) is 11.7. The van der Waals surface area contributed by atoms with Crippen LogP contribution < -0.4 is 16.4 Å². The average molecular weight is 259 g/mol. The molecule has 1 saturated heterocycles. The van der Waals surface area contributed by atoms with Crippen molar-refractivity contribution in [2.75, 3.05) is 5.73 Å². The lowest BCUT2D eigenvalue weighted by atomic mass is 9.86. The van der Waals surface area contributed by atoms with Crippen molar-refractivity contribution in [3.63, 3.8) is 0 Å². The highest BCUT2D eigenvalue weighted by atomic mass is 16.2. The number of anilines is 1. The van der Waals surface area contributed by atoms with Crippen molar-refractivity contribution in [1.82, 2.24) is 10.6 Å². The first-order valence-corrected chi connectivity index (χ1v) is 6.11. The molecule has 4 N–H and O–H groups in total. The predicted octanol–water partition coefficient (Wildman–Crippen LogP) is 0.106. The maximum atomic E-state index is 11.9. The third-order valence-corrected chi connectivity index (χ3v) is 3.67. The fourth-order valence-corrected chi connectivity index (χ4v) is 2.75. The number of piperidine rings is 1. The zero-order valence-electron chi connectivity index (χ0n) is 10.1. The second kappa shape index (κ2) is 4.08. The van der Waals surface area contributed by atoms with E-state index in [1.54, 1.807) is 18.2 Å². The van der Waals surface area contributed by atoms with Crippen molar-refractivity contribution < 1.29 is 14.4 Å². The van der Waals surface area contributed by atoms with Crippen LogP contribution in [-0.2, 0) is 9.59 Å². The van der Waals surface area contributed by atoms with E-state index in [2.05, 4.69) is 10.6 Å². The van der Waals surface area contributed by atoms with E-state index in [0.29, 0.717) is 23.2 Å². The summed E-state index contributed by atoms with van der Waals surface area (Å²) in [5, 5.41) is 5.09. The summed E-state index contributed by atoms with van der Waals surface area (Å²) in [4.78, 5) is 34.9. The molecule has 2 aliphatic heterocycles. The Morgan fingerprint density at radius 3 is 2.74 bits per heavy atom. The van der Waals surface area contributed by atoms with Crippen LogP contribution in [0.4, 0.5) is 5.69 Å². The lowest BCUT2D eigenvalue weighted by molar-refractivity contribution is -0.137. The summed E-state index contributed by atoms with van der Waals surface area (Å²) in [6.45, 7) is 0. The summed E-state index contributed by atoms with van der Waals surface area (Å²) in [6, 6.07) is 4.66. The van der Waals surface area contributed by atoms with E-state index in [0.717, 1.165) is 0 Å². The molecule has 2 aliphatic rings. The lowest BCUT2D eigenvalue weighted by Gasteiger charge is -2.27. The molecule has 19 heavy (non-hydrogen) atoms.